The zero-order valence-electron chi connectivity index (χ0n) is 12.5. The topological polar surface area (TPSA) is 49.5 Å². The van der Waals surface area contributed by atoms with Gasteiger partial charge in [0.05, 0.1) is 5.60 Å². The van der Waals surface area contributed by atoms with E-state index in [0.29, 0.717) is 12.0 Å². The molecule has 0 aromatic heterocycles. The van der Waals surface area contributed by atoms with Crippen LogP contribution in [0.4, 0.5) is 0 Å². The SMILES string of the molecule is CCN(CC(O)(CC)CC)C1CCCCC1CN. The van der Waals surface area contributed by atoms with Crippen LogP contribution in [0.15, 0.2) is 0 Å². The van der Waals surface area contributed by atoms with Crippen LogP contribution in [-0.2, 0) is 0 Å². The lowest BCUT2D eigenvalue weighted by Crippen LogP contribution is -2.51. The highest BCUT2D eigenvalue weighted by atomic mass is 16.3. The lowest BCUT2D eigenvalue weighted by molar-refractivity contribution is -0.0265. The monoisotopic (exact) mass is 256 g/mol. The summed E-state index contributed by atoms with van der Waals surface area (Å²) in [5.74, 6) is 0.622. The number of aliphatic hydroxyl groups is 1. The van der Waals surface area contributed by atoms with Crippen LogP contribution in [0.5, 0.6) is 0 Å². The fourth-order valence-corrected chi connectivity index (χ4v) is 3.26. The summed E-state index contributed by atoms with van der Waals surface area (Å²) in [5.41, 5.74) is 5.40. The Morgan fingerprint density at radius 1 is 1.17 bits per heavy atom. The van der Waals surface area contributed by atoms with Crippen molar-refractivity contribution in [2.75, 3.05) is 19.6 Å². The smallest absolute Gasteiger partial charge is 0.0769 e. The van der Waals surface area contributed by atoms with Crippen molar-refractivity contribution in [1.82, 2.24) is 4.90 Å². The van der Waals surface area contributed by atoms with E-state index in [4.69, 9.17) is 5.73 Å². The summed E-state index contributed by atoms with van der Waals surface area (Å²) in [6.07, 6.45) is 6.81. The van der Waals surface area contributed by atoms with Crippen molar-refractivity contribution < 1.29 is 5.11 Å². The van der Waals surface area contributed by atoms with Crippen LogP contribution >= 0.6 is 0 Å². The maximum Gasteiger partial charge on any atom is 0.0769 e. The molecule has 18 heavy (non-hydrogen) atoms. The van der Waals surface area contributed by atoms with Crippen molar-refractivity contribution in [2.24, 2.45) is 11.7 Å². The van der Waals surface area contributed by atoms with E-state index in [1.165, 1.54) is 25.7 Å². The number of nitrogens with zero attached hydrogens (tertiary/aromatic N) is 1. The quantitative estimate of drug-likeness (QED) is 0.735. The van der Waals surface area contributed by atoms with Gasteiger partial charge in [-0.1, -0.05) is 33.6 Å². The Labute approximate surface area is 113 Å². The van der Waals surface area contributed by atoms with E-state index in [1.54, 1.807) is 0 Å². The number of rotatable bonds is 7. The first-order chi connectivity index (χ1) is 8.60. The van der Waals surface area contributed by atoms with Crippen LogP contribution in [0.3, 0.4) is 0 Å². The molecule has 1 rings (SSSR count). The molecule has 1 saturated carbocycles. The van der Waals surface area contributed by atoms with Gasteiger partial charge in [-0.2, -0.15) is 0 Å². The average molecular weight is 256 g/mol. The molecular formula is C15H32N2O. The second-order valence-corrected chi connectivity index (χ2v) is 5.84. The van der Waals surface area contributed by atoms with E-state index in [2.05, 4.69) is 25.7 Å². The highest BCUT2D eigenvalue weighted by Crippen LogP contribution is 2.29. The van der Waals surface area contributed by atoms with Crippen molar-refractivity contribution in [3.63, 3.8) is 0 Å². The van der Waals surface area contributed by atoms with Gasteiger partial charge >= 0.3 is 0 Å². The van der Waals surface area contributed by atoms with Crippen LogP contribution in [-0.4, -0.2) is 41.3 Å². The third-order valence-corrected chi connectivity index (χ3v) is 4.86. The molecule has 0 aliphatic heterocycles. The van der Waals surface area contributed by atoms with Crippen molar-refractivity contribution in [3.8, 4) is 0 Å². The van der Waals surface area contributed by atoms with Crippen LogP contribution in [0.1, 0.15) is 59.3 Å². The summed E-state index contributed by atoms with van der Waals surface area (Å²) >= 11 is 0. The molecule has 3 nitrogen and oxygen atoms in total. The summed E-state index contributed by atoms with van der Waals surface area (Å²) in [7, 11) is 0. The molecule has 0 aromatic rings. The molecule has 0 heterocycles. The molecule has 108 valence electrons. The van der Waals surface area contributed by atoms with E-state index in [0.717, 1.165) is 32.5 Å². The zero-order chi connectivity index (χ0) is 13.6. The molecule has 3 heteroatoms. The fraction of sp³-hybridized carbons (Fsp3) is 1.00. The Morgan fingerprint density at radius 2 is 1.78 bits per heavy atom. The minimum absolute atomic E-state index is 0.521. The first-order valence-electron chi connectivity index (χ1n) is 7.76. The Hall–Kier alpha value is -0.120. The van der Waals surface area contributed by atoms with Crippen molar-refractivity contribution >= 4 is 0 Å². The van der Waals surface area contributed by atoms with Gasteiger partial charge in [0, 0.05) is 12.6 Å². The minimum atomic E-state index is -0.521. The second kappa shape index (κ2) is 7.46. The van der Waals surface area contributed by atoms with Crippen LogP contribution in [0, 0.1) is 5.92 Å². The highest BCUT2D eigenvalue weighted by Gasteiger charge is 2.33. The standard InChI is InChI=1S/C15H32N2O/c1-4-15(18,5-2)12-17(6-3)14-10-8-7-9-13(14)11-16/h13-14,18H,4-12,16H2,1-3H3. The molecule has 2 unspecified atom stereocenters. The average Bonchev–Trinajstić information content (AvgIpc) is 2.44. The Morgan fingerprint density at radius 3 is 2.28 bits per heavy atom. The summed E-state index contributed by atoms with van der Waals surface area (Å²) in [6.45, 7) is 8.98. The van der Waals surface area contributed by atoms with E-state index in [9.17, 15) is 5.11 Å². The third-order valence-electron chi connectivity index (χ3n) is 4.86. The van der Waals surface area contributed by atoms with Gasteiger partial charge < -0.3 is 10.8 Å². The number of nitrogens with two attached hydrogens (primary N) is 1. The molecule has 3 N–H and O–H groups in total. The van der Waals surface area contributed by atoms with Crippen molar-refractivity contribution in [2.45, 2.75) is 70.9 Å². The first-order valence-corrected chi connectivity index (χ1v) is 7.76. The largest absolute Gasteiger partial charge is 0.389 e. The van der Waals surface area contributed by atoms with Gasteiger partial charge in [0.25, 0.3) is 0 Å². The maximum atomic E-state index is 10.5. The van der Waals surface area contributed by atoms with Gasteiger partial charge in [0.2, 0.25) is 0 Å². The predicted octanol–water partition coefficient (Wildman–Crippen LogP) is 2.38. The Bertz CT molecular complexity index is 229. The molecular weight excluding hydrogens is 224 g/mol. The van der Waals surface area contributed by atoms with Gasteiger partial charge in [0.1, 0.15) is 0 Å². The van der Waals surface area contributed by atoms with Crippen molar-refractivity contribution in [1.29, 1.82) is 0 Å². The molecule has 2 atom stereocenters. The number of hydrogen-bond donors (Lipinski definition) is 2. The minimum Gasteiger partial charge on any atom is -0.389 e. The third kappa shape index (κ3) is 3.94. The van der Waals surface area contributed by atoms with Gasteiger partial charge in [-0.3, -0.25) is 4.90 Å². The summed E-state index contributed by atoms with van der Waals surface area (Å²) in [4.78, 5) is 2.48. The van der Waals surface area contributed by atoms with Gasteiger partial charge in [-0.15, -0.1) is 0 Å². The molecule has 1 fully saturated rings. The first kappa shape index (κ1) is 15.9. The van der Waals surface area contributed by atoms with Crippen LogP contribution in [0.2, 0.25) is 0 Å². The summed E-state index contributed by atoms with van der Waals surface area (Å²) < 4.78 is 0. The van der Waals surface area contributed by atoms with Gasteiger partial charge in [-0.05, 0) is 44.7 Å². The van der Waals surface area contributed by atoms with Crippen LogP contribution in [0.25, 0.3) is 0 Å². The molecule has 0 bridgehead atoms. The van der Waals surface area contributed by atoms with E-state index >= 15 is 0 Å². The van der Waals surface area contributed by atoms with Crippen LogP contribution < -0.4 is 5.73 Å². The maximum absolute atomic E-state index is 10.5. The summed E-state index contributed by atoms with van der Waals surface area (Å²) in [5, 5.41) is 10.5. The van der Waals surface area contributed by atoms with Crippen molar-refractivity contribution in [3.05, 3.63) is 0 Å². The molecule has 0 spiro atoms. The van der Waals surface area contributed by atoms with E-state index in [1.807, 2.05) is 0 Å². The number of likely N-dealkylation sites (N-methyl/N-ethyl adjacent to an activating group) is 1. The van der Waals surface area contributed by atoms with Gasteiger partial charge in [0.15, 0.2) is 0 Å². The molecule has 1 aliphatic carbocycles. The summed E-state index contributed by atoms with van der Waals surface area (Å²) in [6, 6.07) is 0.582. The normalized spacial score (nSPS) is 25.7. The fourth-order valence-electron chi connectivity index (χ4n) is 3.26. The van der Waals surface area contributed by atoms with E-state index in [-0.39, 0.29) is 0 Å². The Kier molecular flexibility index (Phi) is 6.61. The molecule has 0 radical (unpaired) electrons. The molecule has 0 amide bonds. The zero-order valence-corrected chi connectivity index (χ0v) is 12.5. The van der Waals surface area contributed by atoms with E-state index < -0.39 is 5.60 Å². The molecule has 1 aliphatic rings. The Balaban J connectivity index is 2.68. The lowest BCUT2D eigenvalue weighted by Gasteiger charge is -2.42. The molecule has 0 aromatic carbocycles. The van der Waals surface area contributed by atoms with Gasteiger partial charge in [-0.25, -0.2) is 0 Å². The highest BCUT2D eigenvalue weighted by molar-refractivity contribution is 4.88. The molecule has 0 saturated heterocycles. The predicted molar refractivity (Wildman–Crippen MR) is 77.6 cm³/mol. The number of hydrogen-bond acceptors (Lipinski definition) is 3. The second-order valence-electron chi connectivity index (χ2n) is 5.84. The lowest BCUT2D eigenvalue weighted by atomic mass is 9.82.